The molecule has 0 amide bonds. The molecule has 0 aromatic heterocycles. The Hall–Kier alpha value is -1.75. The molecule has 2 rings (SSSR count). The van der Waals surface area contributed by atoms with Gasteiger partial charge in [-0.05, 0) is 30.9 Å². The van der Waals surface area contributed by atoms with Crippen molar-refractivity contribution < 1.29 is 14.6 Å². The van der Waals surface area contributed by atoms with E-state index in [1.165, 1.54) is 0 Å². The fourth-order valence-corrected chi connectivity index (χ4v) is 2.14. The third-order valence-corrected chi connectivity index (χ3v) is 3.24. The van der Waals surface area contributed by atoms with Crippen molar-refractivity contribution in [2.24, 2.45) is 5.92 Å². The number of para-hydroxylation sites is 1. The molecule has 4 N–H and O–H groups in total. The van der Waals surface area contributed by atoms with Gasteiger partial charge in [-0.1, -0.05) is 6.07 Å². The number of nitrogens with one attached hydrogen (secondary N) is 1. The third kappa shape index (κ3) is 2.92. The Bertz CT molecular complexity index is 428. The molecule has 0 spiro atoms. The van der Waals surface area contributed by atoms with Crippen LogP contribution in [0.25, 0.3) is 0 Å². The minimum Gasteiger partial charge on any atom is -0.478 e. The summed E-state index contributed by atoms with van der Waals surface area (Å²) in [6.45, 7) is 2.29. The Morgan fingerprint density at radius 1 is 1.44 bits per heavy atom. The second-order valence-corrected chi connectivity index (χ2v) is 4.51. The first kappa shape index (κ1) is 12.7. The molecule has 0 bridgehead atoms. The molecule has 5 heteroatoms. The number of rotatable bonds is 4. The minimum atomic E-state index is -0.961. The number of ether oxygens (including phenoxy) is 1. The van der Waals surface area contributed by atoms with Crippen molar-refractivity contribution in [3.63, 3.8) is 0 Å². The summed E-state index contributed by atoms with van der Waals surface area (Å²) >= 11 is 0. The molecule has 1 saturated heterocycles. The highest BCUT2D eigenvalue weighted by atomic mass is 16.5. The van der Waals surface area contributed by atoms with E-state index in [1.54, 1.807) is 18.2 Å². The lowest BCUT2D eigenvalue weighted by Crippen LogP contribution is -2.23. The fourth-order valence-electron chi connectivity index (χ4n) is 2.14. The first-order chi connectivity index (χ1) is 8.68. The van der Waals surface area contributed by atoms with E-state index in [-0.39, 0.29) is 5.56 Å². The number of nitrogen functional groups attached to an aromatic ring is 1. The number of hydrogen-bond acceptors (Lipinski definition) is 4. The van der Waals surface area contributed by atoms with Gasteiger partial charge in [0.05, 0.1) is 16.9 Å². The Morgan fingerprint density at radius 3 is 2.83 bits per heavy atom. The van der Waals surface area contributed by atoms with Gasteiger partial charge in [0.1, 0.15) is 0 Å². The standard InChI is InChI=1S/C13H18N2O3/c14-11-3-1-2-10(13(16)17)12(11)15-8-9-4-6-18-7-5-9/h1-3,9,15H,4-8,14H2,(H,16,17). The summed E-state index contributed by atoms with van der Waals surface area (Å²) in [5.41, 5.74) is 7.05. The van der Waals surface area contributed by atoms with Gasteiger partial charge in [0.25, 0.3) is 0 Å². The average Bonchev–Trinajstić information content (AvgIpc) is 2.38. The lowest BCUT2D eigenvalue weighted by molar-refractivity contribution is 0.0689. The Labute approximate surface area is 106 Å². The molecular weight excluding hydrogens is 232 g/mol. The molecule has 1 aliphatic heterocycles. The van der Waals surface area contributed by atoms with Gasteiger partial charge in [-0.2, -0.15) is 0 Å². The van der Waals surface area contributed by atoms with Gasteiger partial charge in [0, 0.05) is 19.8 Å². The van der Waals surface area contributed by atoms with Crippen LogP contribution in [0.15, 0.2) is 18.2 Å². The molecule has 0 saturated carbocycles. The predicted octanol–water partition coefficient (Wildman–Crippen LogP) is 1.81. The molecule has 0 radical (unpaired) electrons. The van der Waals surface area contributed by atoms with E-state index < -0.39 is 5.97 Å². The average molecular weight is 250 g/mol. The van der Waals surface area contributed by atoms with Crippen molar-refractivity contribution in [2.45, 2.75) is 12.8 Å². The zero-order valence-corrected chi connectivity index (χ0v) is 10.2. The molecule has 5 nitrogen and oxygen atoms in total. The van der Waals surface area contributed by atoms with Crippen LogP contribution < -0.4 is 11.1 Å². The van der Waals surface area contributed by atoms with Crippen LogP contribution in [-0.2, 0) is 4.74 Å². The number of carboxylic acids is 1. The third-order valence-electron chi connectivity index (χ3n) is 3.24. The lowest BCUT2D eigenvalue weighted by atomic mass is 10.00. The summed E-state index contributed by atoms with van der Waals surface area (Å²) in [4.78, 5) is 11.1. The van der Waals surface area contributed by atoms with Crippen LogP contribution in [0.4, 0.5) is 11.4 Å². The largest absolute Gasteiger partial charge is 0.478 e. The first-order valence-electron chi connectivity index (χ1n) is 6.12. The summed E-state index contributed by atoms with van der Waals surface area (Å²) in [5.74, 6) is -0.447. The molecule has 0 aliphatic carbocycles. The van der Waals surface area contributed by atoms with Gasteiger partial charge >= 0.3 is 5.97 Å². The molecule has 1 heterocycles. The summed E-state index contributed by atoms with van der Waals surface area (Å²) < 4.78 is 5.29. The van der Waals surface area contributed by atoms with Crippen molar-refractivity contribution in [3.05, 3.63) is 23.8 Å². The Morgan fingerprint density at radius 2 is 2.17 bits per heavy atom. The molecule has 18 heavy (non-hydrogen) atoms. The number of carboxylic acid groups (broad SMARTS) is 1. The van der Waals surface area contributed by atoms with Crippen molar-refractivity contribution in [2.75, 3.05) is 30.8 Å². The van der Waals surface area contributed by atoms with Gasteiger partial charge in [0.2, 0.25) is 0 Å². The molecule has 0 atom stereocenters. The SMILES string of the molecule is Nc1cccc(C(=O)O)c1NCC1CCOCC1. The van der Waals surface area contributed by atoms with E-state index in [9.17, 15) is 4.79 Å². The Kier molecular flexibility index (Phi) is 4.04. The van der Waals surface area contributed by atoms with E-state index in [4.69, 9.17) is 15.6 Å². The van der Waals surface area contributed by atoms with Crippen LogP contribution >= 0.6 is 0 Å². The van der Waals surface area contributed by atoms with Crippen LogP contribution in [-0.4, -0.2) is 30.8 Å². The lowest BCUT2D eigenvalue weighted by Gasteiger charge is -2.23. The van der Waals surface area contributed by atoms with Crippen LogP contribution in [0.3, 0.4) is 0 Å². The second-order valence-electron chi connectivity index (χ2n) is 4.51. The number of benzene rings is 1. The first-order valence-corrected chi connectivity index (χ1v) is 6.12. The van der Waals surface area contributed by atoms with Gasteiger partial charge in [-0.3, -0.25) is 0 Å². The Balaban J connectivity index is 2.05. The normalized spacial score (nSPS) is 16.4. The molecule has 0 unspecified atom stereocenters. The fraction of sp³-hybridized carbons (Fsp3) is 0.462. The van der Waals surface area contributed by atoms with Crippen LogP contribution in [0.1, 0.15) is 23.2 Å². The molecule has 1 aliphatic rings. The molecule has 1 aromatic rings. The number of nitrogens with two attached hydrogens (primary N) is 1. The van der Waals surface area contributed by atoms with Crippen LogP contribution in [0.5, 0.6) is 0 Å². The summed E-state index contributed by atoms with van der Waals surface area (Å²) in [6.07, 6.45) is 2.00. The van der Waals surface area contributed by atoms with Gasteiger partial charge in [0.15, 0.2) is 0 Å². The summed E-state index contributed by atoms with van der Waals surface area (Å²) in [7, 11) is 0. The zero-order chi connectivity index (χ0) is 13.0. The van der Waals surface area contributed by atoms with Gasteiger partial charge in [-0.15, -0.1) is 0 Å². The maximum atomic E-state index is 11.1. The van der Waals surface area contributed by atoms with Crippen LogP contribution in [0, 0.1) is 5.92 Å². The highest BCUT2D eigenvalue weighted by Crippen LogP contribution is 2.25. The zero-order valence-electron chi connectivity index (χ0n) is 10.2. The van der Waals surface area contributed by atoms with E-state index in [0.29, 0.717) is 17.3 Å². The quantitative estimate of drug-likeness (QED) is 0.710. The maximum absolute atomic E-state index is 11.1. The maximum Gasteiger partial charge on any atom is 0.337 e. The highest BCUT2D eigenvalue weighted by molar-refractivity contribution is 5.97. The summed E-state index contributed by atoms with van der Waals surface area (Å²) in [6, 6.07) is 4.92. The number of aromatic carboxylic acids is 1. The van der Waals surface area contributed by atoms with Crippen molar-refractivity contribution in [1.29, 1.82) is 0 Å². The molecule has 1 aromatic carbocycles. The number of anilines is 2. The van der Waals surface area contributed by atoms with Crippen molar-refractivity contribution in [1.82, 2.24) is 0 Å². The van der Waals surface area contributed by atoms with E-state index in [2.05, 4.69) is 5.32 Å². The van der Waals surface area contributed by atoms with Crippen molar-refractivity contribution >= 4 is 17.3 Å². The van der Waals surface area contributed by atoms with Crippen LogP contribution in [0.2, 0.25) is 0 Å². The van der Waals surface area contributed by atoms with E-state index in [1.807, 2.05) is 0 Å². The smallest absolute Gasteiger partial charge is 0.337 e. The monoisotopic (exact) mass is 250 g/mol. The number of hydrogen-bond donors (Lipinski definition) is 3. The second kappa shape index (κ2) is 5.73. The molecular formula is C13H18N2O3. The van der Waals surface area contributed by atoms with Gasteiger partial charge in [-0.25, -0.2) is 4.79 Å². The number of carbonyl (C=O) groups is 1. The predicted molar refractivity (Wildman–Crippen MR) is 69.8 cm³/mol. The highest BCUT2D eigenvalue weighted by Gasteiger charge is 2.16. The summed E-state index contributed by atoms with van der Waals surface area (Å²) in [5, 5.41) is 12.3. The van der Waals surface area contributed by atoms with Gasteiger partial charge < -0.3 is 20.9 Å². The van der Waals surface area contributed by atoms with E-state index >= 15 is 0 Å². The van der Waals surface area contributed by atoms with Crippen molar-refractivity contribution in [3.8, 4) is 0 Å². The van der Waals surface area contributed by atoms with E-state index in [0.717, 1.165) is 32.6 Å². The molecule has 1 fully saturated rings. The minimum absolute atomic E-state index is 0.224. The topological polar surface area (TPSA) is 84.6 Å². The molecule has 98 valence electrons.